The highest BCUT2D eigenvalue weighted by atomic mass is 35.5. The Morgan fingerprint density at radius 1 is 1.36 bits per heavy atom. The Balaban J connectivity index is 0.00000176. The highest BCUT2D eigenvalue weighted by Gasteiger charge is 2.20. The van der Waals surface area contributed by atoms with Gasteiger partial charge in [0.1, 0.15) is 0 Å². The zero-order chi connectivity index (χ0) is 14.5. The molecule has 1 atom stereocenters. The van der Waals surface area contributed by atoms with Gasteiger partial charge in [-0.3, -0.25) is 4.79 Å². The molecule has 1 aliphatic heterocycles. The van der Waals surface area contributed by atoms with Crippen LogP contribution in [0, 0.1) is 5.92 Å². The number of para-hydroxylation sites is 1. The van der Waals surface area contributed by atoms with Crippen LogP contribution in [-0.4, -0.2) is 28.8 Å². The molecule has 0 saturated carbocycles. The standard InChI is InChI=1S/C16H20N4O.ClH/c21-16(14-5-4-8-17-11-14)18-9-13-10-19-20(12-13)15-6-2-1-3-7-15;/h1-3,6-7,10,12,14,17H,4-5,8-9,11H2,(H,18,21);1H. The van der Waals surface area contributed by atoms with Crippen LogP contribution in [0.1, 0.15) is 18.4 Å². The van der Waals surface area contributed by atoms with Crippen molar-refractivity contribution in [1.29, 1.82) is 0 Å². The first-order valence-electron chi connectivity index (χ1n) is 7.40. The number of hydrogen-bond acceptors (Lipinski definition) is 3. The second-order valence-electron chi connectivity index (χ2n) is 5.39. The third-order valence-corrected chi connectivity index (χ3v) is 3.79. The predicted octanol–water partition coefficient (Wildman–Crippen LogP) is 1.91. The molecule has 2 heterocycles. The van der Waals surface area contributed by atoms with E-state index < -0.39 is 0 Å². The van der Waals surface area contributed by atoms with E-state index in [-0.39, 0.29) is 24.2 Å². The van der Waals surface area contributed by atoms with Crippen molar-refractivity contribution < 1.29 is 4.79 Å². The van der Waals surface area contributed by atoms with Gasteiger partial charge in [0.05, 0.1) is 17.8 Å². The average molecular weight is 321 g/mol. The maximum atomic E-state index is 12.1. The lowest BCUT2D eigenvalue weighted by atomic mass is 9.99. The summed E-state index contributed by atoms with van der Waals surface area (Å²) in [6.07, 6.45) is 5.80. The molecule has 0 radical (unpaired) electrons. The molecule has 2 aromatic rings. The van der Waals surface area contributed by atoms with Gasteiger partial charge in [-0.05, 0) is 31.5 Å². The molecule has 1 amide bonds. The molecule has 1 aliphatic rings. The zero-order valence-electron chi connectivity index (χ0n) is 12.4. The highest BCUT2D eigenvalue weighted by Crippen LogP contribution is 2.11. The van der Waals surface area contributed by atoms with Crippen molar-refractivity contribution in [3.8, 4) is 5.69 Å². The molecule has 1 saturated heterocycles. The molecule has 6 heteroatoms. The van der Waals surface area contributed by atoms with E-state index >= 15 is 0 Å². The molecule has 1 aromatic heterocycles. The summed E-state index contributed by atoms with van der Waals surface area (Å²) < 4.78 is 1.82. The van der Waals surface area contributed by atoms with Gasteiger partial charge in [-0.15, -0.1) is 12.4 Å². The number of carbonyl (C=O) groups is 1. The number of nitrogens with zero attached hydrogens (tertiary/aromatic N) is 2. The summed E-state index contributed by atoms with van der Waals surface area (Å²) in [4.78, 5) is 12.1. The summed E-state index contributed by atoms with van der Waals surface area (Å²) in [6, 6.07) is 9.95. The molecule has 0 spiro atoms. The minimum atomic E-state index is 0. The molecular weight excluding hydrogens is 300 g/mol. The lowest BCUT2D eigenvalue weighted by Gasteiger charge is -2.21. The lowest BCUT2D eigenvalue weighted by Crippen LogP contribution is -2.40. The van der Waals surface area contributed by atoms with Gasteiger partial charge in [-0.2, -0.15) is 5.10 Å². The smallest absolute Gasteiger partial charge is 0.224 e. The molecular formula is C16H21ClN4O. The van der Waals surface area contributed by atoms with Crippen molar-refractivity contribution in [3.05, 3.63) is 48.3 Å². The Hall–Kier alpha value is -1.85. The normalized spacial score (nSPS) is 17.5. The summed E-state index contributed by atoms with van der Waals surface area (Å²) in [5, 5.41) is 10.6. The number of piperidine rings is 1. The first-order chi connectivity index (χ1) is 10.3. The van der Waals surface area contributed by atoms with Crippen LogP contribution in [0.15, 0.2) is 42.7 Å². The van der Waals surface area contributed by atoms with Gasteiger partial charge in [0, 0.05) is 24.8 Å². The Labute approximate surface area is 136 Å². The topological polar surface area (TPSA) is 59.0 Å². The fourth-order valence-electron chi connectivity index (χ4n) is 2.58. The van der Waals surface area contributed by atoms with Crippen LogP contribution in [0.2, 0.25) is 0 Å². The van der Waals surface area contributed by atoms with Gasteiger partial charge in [-0.1, -0.05) is 18.2 Å². The van der Waals surface area contributed by atoms with E-state index in [9.17, 15) is 4.79 Å². The molecule has 5 nitrogen and oxygen atoms in total. The number of aromatic nitrogens is 2. The Morgan fingerprint density at radius 2 is 2.18 bits per heavy atom. The molecule has 1 unspecified atom stereocenters. The van der Waals surface area contributed by atoms with Crippen LogP contribution < -0.4 is 10.6 Å². The van der Waals surface area contributed by atoms with Gasteiger partial charge in [0.25, 0.3) is 0 Å². The number of benzene rings is 1. The van der Waals surface area contributed by atoms with Gasteiger partial charge < -0.3 is 10.6 Å². The summed E-state index contributed by atoms with van der Waals surface area (Å²) >= 11 is 0. The van der Waals surface area contributed by atoms with Crippen molar-refractivity contribution in [3.63, 3.8) is 0 Å². The number of rotatable bonds is 4. The quantitative estimate of drug-likeness (QED) is 0.904. The SMILES string of the molecule is Cl.O=C(NCc1cnn(-c2ccccc2)c1)C1CCCNC1. The van der Waals surface area contributed by atoms with Crippen LogP contribution in [0.4, 0.5) is 0 Å². The largest absolute Gasteiger partial charge is 0.352 e. The van der Waals surface area contributed by atoms with Gasteiger partial charge in [-0.25, -0.2) is 4.68 Å². The van der Waals surface area contributed by atoms with E-state index in [1.165, 1.54) is 0 Å². The van der Waals surface area contributed by atoms with E-state index in [1.807, 2.05) is 41.2 Å². The van der Waals surface area contributed by atoms with Crippen molar-refractivity contribution in [1.82, 2.24) is 20.4 Å². The van der Waals surface area contributed by atoms with Crippen LogP contribution in [0.5, 0.6) is 0 Å². The maximum Gasteiger partial charge on any atom is 0.224 e. The van der Waals surface area contributed by atoms with Crippen molar-refractivity contribution >= 4 is 18.3 Å². The van der Waals surface area contributed by atoms with Gasteiger partial charge >= 0.3 is 0 Å². The van der Waals surface area contributed by atoms with E-state index in [0.717, 1.165) is 37.2 Å². The summed E-state index contributed by atoms with van der Waals surface area (Å²) in [7, 11) is 0. The Bertz CT molecular complexity index is 593. The first kappa shape index (κ1) is 16.5. The zero-order valence-corrected chi connectivity index (χ0v) is 13.2. The number of carbonyl (C=O) groups excluding carboxylic acids is 1. The van der Waals surface area contributed by atoms with Crippen LogP contribution in [0.25, 0.3) is 5.69 Å². The Kier molecular flexibility index (Phi) is 5.98. The molecule has 22 heavy (non-hydrogen) atoms. The molecule has 2 N–H and O–H groups in total. The fourth-order valence-corrected chi connectivity index (χ4v) is 2.58. The first-order valence-corrected chi connectivity index (χ1v) is 7.40. The third kappa shape index (κ3) is 4.08. The highest BCUT2D eigenvalue weighted by molar-refractivity contribution is 5.85. The van der Waals surface area contributed by atoms with E-state index in [4.69, 9.17) is 0 Å². The molecule has 1 aromatic carbocycles. The predicted molar refractivity (Wildman–Crippen MR) is 88.3 cm³/mol. The minimum Gasteiger partial charge on any atom is -0.352 e. The monoisotopic (exact) mass is 320 g/mol. The second kappa shape index (κ2) is 7.96. The number of halogens is 1. The fraction of sp³-hybridized carbons (Fsp3) is 0.375. The number of nitrogens with one attached hydrogen (secondary N) is 2. The second-order valence-corrected chi connectivity index (χ2v) is 5.39. The van der Waals surface area contributed by atoms with Gasteiger partial charge in [0.15, 0.2) is 0 Å². The summed E-state index contributed by atoms with van der Waals surface area (Å²) in [6.45, 7) is 2.34. The van der Waals surface area contributed by atoms with Gasteiger partial charge in [0.2, 0.25) is 5.91 Å². The Morgan fingerprint density at radius 3 is 2.91 bits per heavy atom. The summed E-state index contributed by atoms with van der Waals surface area (Å²) in [5.41, 5.74) is 2.03. The van der Waals surface area contributed by atoms with Crippen molar-refractivity contribution in [2.24, 2.45) is 5.92 Å². The number of hydrogen-bond donors (Lipinski definition) is 2. The van der Waals surface area contributed by atoms with E-state index in [2.05, 4.69) is 15.7 Å². The molecule has 0 aliphatic carbocycles. The van der Waals surface area contributed by atoms with Crippen LogP contribution in [-0.2, 0) is 11.3 Å². The third-order valence-electron chi connectivity index (χ3n) is 3.79. The molecule has 1 fully saturated rings. The van der Waals surface area contributed by atoms with E-state index in [0.29, 0.717) is 6.54 Å². The van der Waals surface area contributed by atoms with Crippen LogP contribution >= 0.6 is 12.4 Å². The minimum absolute atomic E-state index is 0. The number of amides is 1. The summed E-state index contributed by atoms with van der Waals surface area (Å²) in [5.74, 6) is 0.234. The molecule has 0 bridgehead atoms. The van der Waals surface area contributed by atoms with Crippen molar-refractivity contribution in [2.45, 2.75) is 19.4 Å². The van der Waals surface area contributed by atoms with Crippen LogP contribution in [0.3, 0.4) is 0 Å². The average Bonchev–Trinajstić information content (AvgIpc) is 3.03. The molecule has 118 valence electrons. The van der Waals surface area contributed by atoms with Crippen molar-refractivity contribution in [2.75, 3.05) is 13.1 Å². The lowest BCUT2D eigenvalue weighted by molar-refractivity contribution is -0.125. The van der Waals surface area contributed by atoms with E-state index in [1.54, 1.807) is 6.20 Å². The maximum absolute atomic E-state index is 12.1. The molecule has 3 rings (SSSR count).